The summed E-state index contributed by atoms with van der Waals surface area (Å²) in [5.74, 6) is 0.0370. The van der Waals surface area contributed by atoms with Gasteiger partial charge in [-0.15, -0.1) is 5.10 Å². The van der Waals surface area contributed by atoms with Crippen molar-refractivity contribution in [2.45, 2.75) is 13.1 Å². The Hall–Kier alpha value is -4.27. The van der Waals surface area contributed by atoms with Crippen molar-refractivity contribution in [2.75, 3.05) is 17.7 Å². The third-order valence-electron chi connectivity index (χ3n) is 4.86. The van der Waals surface area contributed by atoms with Crippen LogP contribution in [0.4, 0.5) is 20.7 Å². The van der Waals surface area contributed by atoms with Crippen LogP contribution in [-0.2, 0) is 13.1 Å². The first-order chi connectivity index (χ1) is 16.0. The molecule has 0 bridgehead atoms. The number of carbonyl (C=O) groups is 1. The number of hydrogen-bond acceptors (Lipinski definition) is 6. The van der Waals surface area contributed by atoms with Crippen molar-refractivity contribution in [3.05, 3.63) is 101 Å². The van der Waals surface area contributed by atoms with E-state index in [4.69, 9.17) is 4.74 Å². The smallest absolute Gasteiger partial charge is 0.281 e. The maximum atomic E-state index is 13.2. The lowest BCUT2D eigenvalue weighted by molar-refractivity contribution is 0.0947. The van der Waals surface area contributed by atoms with E-state index in [0.29, 0.717) is 24.4 Å². The molecule has 2 N–H and O–H groups in total. The number of anilines is 2. The summed E-state index contributed by atoms with van der Waals surface area (Å²) in [6.07, 6.45) is 0. The van der Waals surface area contributed by atoms with E-state index in [1.165, 1.54) is 28.9 Å². The van der Waals surface area contributed by atoms with Crippen molar-refractivity contribution in [3.63, 3.8) is 0 Å². The summed E-state index contributed by atoms with van der Waals surface area (Å²) in [5, 5.41) is 10.4. The summed E-state index contributed by atoms with van der Waals surface area (Å²) in [5.41, 5.74) is 2.04. The normalized spacial score (nSPS) is 10.6. The number of hydrogen-bond donors (Lipinski definition) is 2. The molecule has 0 spiro atoms. The van der Waals surface area contributed by atoms with Crippen LogP contribution in [0.15, 0.2) is 72.8 Å². The molecule has 168 valence electrons. The lowest BCUT2D eigenvalue weighted by atomic mass is 10.2. The highest BCUT2D eigenvalue weighted by molar-refractivity contribution is 5.97. The average Bonchev–Trinajstić information content (AvgIpc) is 3.26. The first kappa shape index (κ1) is 21.9. The SMILES string of the molecule is COc1ccc(C(=O)n2nc(NCc3ccc(F)cc3)nc2NCc2ccc(F)cc2)cc1. The highest BCUT2D eigenvalue weighted by Gasteiger charge is 2.18. The first-order valence-corrected chi connectivity index (χ1v) is 10.1. The zero-order valence-corrected chi connectivity index (χ0v) is 17.8. The second-order valence-electron chi connectivity index (χ2n) is 7.16. The third-order valence-corrected chi connectivity index (χ3v) is 4.86. The Morgan fingerprint density at radius 3 is 1.94 bits per heavy atom. The number of carbonyl (C=O) groups excluding carboxylic acids is 1. The van der Waals surface area contributed by atoms with Gasteiger partial charge < -0.3 is 15.4 Å². The molecule has 0 atom stereocenters. The van der Waals surface area contributed by atoms with Gasteiger partial charge in [-0.05, 0) is 59.7 Å². The molecule has 3 aromatic carbocycles. The molecule has 0 saturated heterocycles. The Morgan fingerprint density at radius 2 is 1.39 bits per heavy atom. The topological polar surface area (TPSA) is 81.1 Å². The van der Waals surface area contributed by atoms with Crippen molar-refractivity contribution in [1.29, 1.82) is 0 Å². The van der Waals surface area contributed by atoms with Gasteiger partial charge in [-0.1, -0.05) is 24.3 Å². The van der Waals surface area contributed by atoms with Gasteiger partial charge in [0.25, 0.3) is 5.91 Å². The van der Waals surface area contributed by atoms with E-state index in [9.17, 15) is 13.6 Å². The number of nitrogens with one attached hydrogen (secondary N) is 2. The molecule has 33 heavy (non-hydrogen) atoms. The standard InChI is InChI=1S/C24H21F2N5O2/c1-33-21-12-6-18(7-13-21)22(32)31-24(28-15-17-4-10-20(26)11-5-17)29-23(30-31)27-14-16-2-8-19(25)9-3-16/h2-13H,14-15H2,1H3,(H2,27,28,29,30). The maximum absolute atomic E-state index is 13.2. The van der Waals surface area contributed by atoms with Crippen LogP contribution in [0.2, 0.25) is 0 Å². The zero-order valence-electron chi connectivity index (χ0n) is 17.8. The molecule has 0 saturated carbocycles. The predicted octanol–water partition coefficient (Wildman–Crippen LogP) is 4.48. The summed E-state index contributed by atoms with van der Waals surface area (Å²) in [7, 11) is 1.55. The van der Waals surface area contributed by atoms with Gasteiger partial charge in [0.1, 0.15) is 17.4 Å². The van der Waals surface area contributed by atoms with E-state index in [1.54, 1.807) is 55.6 Å². The Labute approximate surface area is 189 Å². The Morgan fingerprint density at radius 1 is 0.848 bits per heavy atom. The van der Waals surface area contributed by atoms with E-state index in [0.717, 1.165) is 11.1 Å². The van der Waals surface area contributed by atoms with Gasteiger partial charge in [-0.2, -0.15) is 9.67 Å². The maximum Gasteiger partial charge on any atom is 0.281 e. The molecule has 4 aromatic rings. The Kier molecular flexibility index (Phi) is 6.58. The van der Waals surface area contributed by atoms with E-state index >= 15 is 0 Å². The largest absolute Gasteiger partial charge is 0.497 e. The minimum atomic E-state index is -0.387. The highest BCUT2D eigenvalue weighted by atomic mass is 19.1. The second kappa shape index (κ2) is 9.90. The minimum Gasteiger partial charge on any atom is -0.497 e. The molecule has 0 fully saturated rings. The fraction of sp³-hybridized carbons (Fsp3) is 0.125. The summed E-state index contributed by atoms with van der Waals surface area (Å²) >= 11 is 0. The van der Waals surface area contributed by atoms with Crippen molar-refractivity contribution < 1.29 is 18.3 Å². The van der Waals surface area contributed by atoms with E-state index in [1.807, 2.05) is 0 Å². The molecular weight excluding hydrogens is 428 g/mol. The first-order valence-electron chi connectivity index (χ1n) is 10.1. The molecule has 9 heteroatoms. The van der Waals surface area contributed by atoms with Gasteiger partial charge >= 0.3 is 0 Å². The molecule has 0 unspecified atom stereocenters. The Balaban J connectivity index is 1.56. The van der Waals surface area contributed by atoms with Crippen LogP contribution in [0.3, 0.4) is 0 Å². The lowest BCUT2D eigenvalue weighted by Gasteiger charge is -2.08. The number of halogens is 2. The van der Waals surface area contributed by atoms with Crippen molar-refractivity contribution in [2.24, 2.45) is 0 Å². The lowest BCUT2D eigenvalue weighted by Crippen LogP contribution is -2.17. The molecule has 0 amide bonds. The molecule has 0 aliphatic heterocycles. The van der Waals surface area contributed by atoms with Gasteiger partial charge in [0.05, 0.1) is 7.11 Å². The number of aromatic nitrogens is 3. The van der Waals surface area contributed by atoms with E-state index in [2.05, 4.69) is 20.7 Å². The molecule has 0 aliphatic rings. The molecular formula is C24H21F2N5O2. The van der Waals surface area contributed by atoms with Crippen LogP contribution in [0.25, 0.3) is 0 Å². The summed E-state index contributed by atoms with van der Waals surface area (Å²) in [6, 6.07) is 18.7. The number of benzene rings is 3. The molecule has 1 aromatic heterocycles. The number of ether oxygens (including phenoxy) is 1. The fourth-order valence-electron chi connectivity index (χ4n) is 3.07. The van der Waals surface area contributed by atoms with E-state index < -0.39 is 0 Å². The van der Waals surface area contributed by atoms with Crippen LogP contribution in [0, 0.1) is 11.6 Å². The zero-order chi connectivity index (χ0) is 23.2. The predicted molar refractivity (Wildman–Crippen MR) is 120 cm³/mol. The molecule has 4 rings (SSSR count). The molecule has 7 nitrogen and oxygen atoms in total. The molecule has 1 heterocycles. The summed E-state index contributed by atoms with van der Waals surface area (Å²) < 4.78 is 32.6. The van der Waals surface area contributed by atoms with Gasteiger partial charge in [-0.25, -0.2) is 8.78 Å². The van der Waals surface area contributed by atoms with Crippen molar-refractivity contribution in [3.8, 4) is 5.75 Å². The van der Waals surface area contributed by atoms with Crippen LogP contribution in [0.1, 0.15) is 21.5 Å². The van der Waals surface area contributed by atoms with Crippen molar-refractivity contribution in [1.82, 2.24) is 14.8 Å². The average molecular weight is 449 g/mol. The minimum absolute atomic E-state index is 0.224. The molecule has 0 aliphatic carbocycles. The molecule has 0 radical (unpaired) electrons. The number of nitrogens with zero attached hydrogens (tertiary/aromatic N) is 3. The monoisotopic (exact) mass is 449 g/mol. The van der Waals surface area contributed by atoms with Gasteiger partial charge in [0, 0.05) is 18.7 Å². The summed E-state index contributed by atoms with van der Waals surface area (Å²) in [6.45, 7) is 0.657. The fourth-order valence-corrected chi connectivity index (χ4v) is 3.07. The second-order valence-corrected chi connectivity index (χ2v) is 7.16. The third kappa shape index (κ3) is 5.51. The summed E-state index contributed by atoms with van der Waals surface area (Å²) in [4.78, 5) is 17.5. The quantitative estimate of drug-likeness (QED) is 0.413. The van der Waals surface area contributed by atoms with Crippen LogP contribution in [0.5, 0.6) is 5.75 Å². The van der Waals surface area contributed by atoms with Gasteiger partial charge in [0.2, 0.25) is 11.9 Å². The van der Waals surface area contributed by atoms with Gasteiger partial charge in [-0.3, -0.25) is 4.79 Å². The van der Waals surface area contributed by atoms with Crippen LogP contribution in [-0.4, -0.2) is 27.8 Å². The van der Waals surface area contributed by atoms with Gasteiger partial charge in [0.15, 0.2) is 0 Å². The van der Waals surface area contributed by atoms with Crippen LogP contribution < -0.4 is 15.4 Å². The van der Waals surface area contributed by atoms with Crippen molar-refractivity contribution >= 4 is 17.8 Å². The number of rotatable bonds is 8. The van der Waals surface area contributed by atoms with E-state index in [-0.39, 0.29) is 29.4 Å². The van der Waals surface area contributed by atoms with Crippen LogP contribution >= 0.6 is 0 Å². The highest BCUT2D eigenvalue weighted by Crippen LogP contribution is 2.17. The Bertz CT molecular complexity index is 1220. The number of methoxy groups -OCH3 is 1.